The van der Waals surface area contributed by atoms with E-state index in [1.54, 1.807) is 13.2 Å². The van der Waals surface area contributed by atoms with Gasteiger partial charge in [-0.3, -0.25) is 13.9 Å². The Morgan fingerprint density at radius 2 is 1.91 bits per heavy atom. The molecule has 0 fully saturated rings. The molecule has 0 atom stereocenters. The van der Waals surface area contributed by atoms with Crippen LogP contribution in [0.25, 0.3) is 11.0 Å². The van der Waals surface area contributed by atoms with Crippen molar-refractivity contribution in [2.75, 3.05) is 32.5 Å². The molecule has 0 aliphatic heterocycles. The summed E-state index contributed by atoms with van der Waals surface area (Å²) >= 11 is 0. The van der Waals surface area contributed by atoms with Crippen molar-refractivity contribution < 1.29 is 0 Å². The number of fused-ring (bicyclic) bond motifs is 1. The fourth-order valence-corrected chi connectivity index (χ4v) is 2.46. The van der Waals surface area contributed by atoms with E-state index in [9.17, 15) is 9.59 Å². The van der Waals surface area contributed by atoms with Gasteiger partial charge in [-0.2, -0.15) is 0 Å². The van der Waals surface area contributed by atoms with Crippen molar-refractivity contribution in [3.8, 4) is 0 Å². The van der Waals surface area contributed by atoms with E-state index >= 15 is 0 Å². The molecule has 0 radical (unpaired) electrons. The number of nitrogens with zero attached hydrogens (tertiary/aromatic N) is 4. The molecular formula is C15H23N5O2. The van der Waals surface area contributed by atoms with E-state index in [4.69, 9.17) is 0 Å². The van der Waals surface area contributed by atoms with Crippen LogP contribution in [0.1, 0.15) is 12.0 Å². The molecule has 0 unspecified atom stereocenters. The highest BCUT2D eigenvalue weighted by molar-refractivity contribution is 5.89. The van der Waals surface area contributed by atoms with Gasteiger partial charge in [-0.05, 0) is 39.5 Å². The van der Waals surface area contributed by atoms with Crippen molar-refractivity contribution in [1.82, 2.24) is 19.0 Å². The summed E-state index contributed by atoms with van der Waals surface area (Å²) in [4.78, 5) is 30.8. The summed E-state index contributed by atoms with van der Waals surface area (Å²) in [6.07, 6.45) is 2.65. The van der Waals surface area contributed by atoms with Crippen LogP contribution in [0.4, 0.5) is 5.69 Å². The number of hydrogen-bond acceptors (Lipinski definition) is 5. The largest absolute Gasteiger partial charge is 0.384 e. The van der Waals surface area contributed by atoms with Crippen molar-refractivity contribution in [2.24, 2.45) is 14.1 Å². The summed E-state index contributed by atoms with van der Waals surface area (Å²) in [6.45, 7) is 3.63. The predicted octanol–water partition coefficient (Wildman–Crippen LogP) is 0.304. The highest BCUT2D eigenvalue weighted by atomic mass is 16.2. The van der Waals surface area contributed by atoms with Crippen LogP contribution in [0.15, 0.2) is 15.8 Å². The number of hydrogen-bond donors (Lipinski definition) is 1. The topological polar surface area (TPSA) is 72.2 Å². The van der Waals surface area contributed by atoms with Gasteiger partial charge in [0.1, 0.15) is 5.39 Å². The van der Waals surface area contributed by atoms with Gasteiger partial charge in [0, 0.05) is 26.8 Å². The molecule has 0 bridgehead atoms. The fourth-order valence-electron chi connectivity index (χ4n) is 2.46. The molecule has 0 spiro atoms. The second kappa shape index (κ2) is 6.31. The van der Waals surface area contributed by atoms with Gasteiger partial charge in [0.05, 0.1) is 5.69 Å². The van der Waals surface area contributed by atoms with Gasteiger partial charge in [0.15, 0.2) is 5.65 Å². The number of aromatic nitrogens is 3. The standard InChI is InChI=1S/C15H23N5O2/c1-10-9-17-13-11(12(10)16-7-6-8-18(2)3)14(21)20(5)15(22)19(13)4/h9H,6-8H2,1-5H3,(H,16,17). The SMILES string of the molecule is Cc1cnc2c(c1NCCCN(C)C)c(=O)n(C)c(=O)n2C. The van der Waals surface area contributed by atoms with Gasteiger partial charge in [-0.15, -0.1) is 0 Å². The quantitative estimate of drug-likeness (QED) is 0.805. The molecule has 7 heteroatoms. The molecule has 2 heterocycles. The zero-order valence-electron chi connectivity index (χ0n) is 13.8. The zero-order valence-corrected chi connectivity index (χ0v) is 13.8. The number of anilines is 1. The average molecular weight is 305 g/mol. The summed E-state index contributed by atoms with van der Waals surface area (Å²) in [6, 6.07) is 0. The smallest absolute Gasteiger partial charge is 0.332 e. The highest BCUT2D eigenvalue weighted by Gasteiger charge is 2.15. The van der Waals surface area contributed by atoms with Crippen molar-refractivity contribution in [2.45, 2.75) is 13.3 Å². The van der Waals surface area contributed by atoms with Gasteiger partial charge < -0.3 is 10.2 Å². The molecule has 0 amide bonds. The van der Waals surface area contributed by atoms with Crippen LogP contribution in [0.5, 0.6) is 0 Å². The Kier molecular flexibility index (Phi) is 4.65. The zero-order chi connectivity index (χ0) is 16.4. The number of pyridine rings is 1. The third-order valence-electron chi connectivity index (χ3n) is 3.74. The highest BCUT2D eigenvalue weighted by Crippen LogP contribution is 2.21. The Hall–Kier alpha value is -2.15. The molecule has 2 rings (SSSR count). The molecule has 120 valence electrons. The summed E-state index contributed by atoms with van der Waals surface area (Å²) in [5.74, 6) is 0. The Morgan fingerprint density at radius 3 is 2.55 bits per heavy atom. The normalized spacial score (nSPS) is 11.4. The van der Waals surface area contributed by atoms with Crippen LogP contribution in [-0.4, -0.2) is 46.2 Å². The van der Waals surface area contributed by atoms with Gasteiger partial charge in [-0.25, -0.2) is 9.78 Å². The molecule has 7 nitrogen and oxygen atoms in total. The first-order valence-corrected chi connectivity index (χ1v) is 7.28. The van der Waals surface area contributed by atoms with E-state index in [2.05, 4.69) is 15.2 Å². The lowest BCUT2D eigenvalue weighted by molar-refractivity contribution is 0.405. The third kappa shape index (κ3) is 2.89. The minimum Gasteiger partial charge on any atom is -0.384 e. The van der Waals surface area contributed by atoms with E-state index in [1.807, 2.05) is 21.0 Å². The average Bonchev–Trinajstić information content (AvgIpc) is 2.48. The van der Waals surface area contributed by atoms with Gasteiger partial charge in [0.25, 0.3) is 5.56 Å². The summed E-state index contributed by atoms with van der Waals surface area (Å²) < 4.78 is 2.52. The maximum atomic E-state index is 12.5. The Morgan fingerprint density at radius 1 is 1.23 bits per heavy atom. The summed E-state index contributed by atoms with van der Waals surface area (Å²) in [5.41, 5.74) is 1.39. The molecule has 0 aliphatic rings. The van der Waals surface area contributed by atoms with Crippen molar-refractivity contribution in [3.05, 3.63) is 32.6 Å². The van der Waals surface area contributed by atoms with E-state index in [-0.39, 0.29) is 11.2 Å². The lowest BCUT2D eigenvalue weighted by Gasteiger charge is -2.15. The van der Waals surface area contributed by atoms with Crippen LogP contribution in [0.3, 0.4) is 0 Å². The van der Waals surface area contributed by atoms with Gasteiger partial charge >= 0.3 is 5.69 Å². The molecule has 2 aromatic rings. The minimum atomic E-state index is -0.368. The fraction of sp³-hybridized carbons (Fsp3) is 0.533. The summed E-state index contributed by atoms with van der Waals surface area (Å²) in [5, 5.41) is 3.80. The second-order valence-corrected chi connectivity index (χ2v) is 5.80. The Bertz CT molecular complexity index is 804. The third-order valence-corrected chi connectivity index (χ3v) is 3.74. The minimum absolute atomic E-state index is 0.315. The van der Waals surface area contributed by atoms with Crippen LogP contribution in [0.2, 0.25) is 0 Å². The van der Waals surface area contributed by atoms with Gasteiger partial charge in [-0.1, -0.05) is 0 Å². The lowest BCUT2D eigenvalue weighted by Crippen LogP contribution is -2.37. The van der Waals surface area contributed by atoms with E-state index in [0.717, 1.165) is 35.3 Å². The van der Waals surface area contributed by atoms with Crippen LogP contribution in [-0.2, 0) is 14.1 Å². The predicted molar refractivity (Wildman–Crippen MR) is 88.6 cm³/mol. The first-order valence-electron chi connectivity index (χ1n) is 7.28. The lowest BCUT2D eigenvalue weighted by atomic mass is 10.2. The van der Waals surface area contributed by atoms with Crippen molar-refractivity contribution >= 4 is 16.7 Å². The van der Waals surface area contributed by atoms with Crippen LogP contribution in [0, 0.1) is 6.92 Å². The van der Waals surface area contributed by atoms with Crippen molar-refractivity contribution in [3.63, 3.8) is 0 Å². The number of aryl methyl sites for hydroxylation is 2. The number of rotatable bonds is 5. The molecule has 0 aromatic carbocycles. The molecule has 0 saturated carbocycles. The van der Waals surface area contributed by atoms with E-state index in [1.165, 1.54) is 11.6 Å². The molecule has 0 aliphatic carbocycles. The Balaban J connectivity index is 2.52. The van der Waals surface area contributed by atoms with Crippen LogP contribution < -0.4 is 16.6 Å². The molecule has 22 heavy (non-hydrogen) atoms. The molecule has 1 N–H and O–H groups in total. The maximum absolute atomic E-state index is 12.5. The number of nitrogens with one attached hydrogen (secondary N) is 1. The summed E-state index contributed by atoms with van der Waals surface area (Å²) in [7, 11) is 7.17. The van der Waals surface area contributed by atoms with Crippen molar-refractivity contribution in [1.29, 1.82) is 0 Å². The van der Waals surface area contributed by atoms with E-state index in [0.29, 0.717) is 11.0 Å². The van der Waals surface area contributed by atoms with E-state index < -0.39 is 0 Å². The van der Waals surface area contributed by atoms with Gasteiger partial charge in [0.2, 0.25) is 0 Å². The first-order chi connectivity index (χ1) is 10.3. The maximum Gasteiger partial charge on any atom is 0.332 e. The first kappa shape index (κ1) is 16.2. The van der Waals surface area contributed by atoms with Crippen LogP contribution >= 0.6 is 0 Å². The molecule has 2 aromatic heterocycles. The molecule has 0 saturated heterocycles. The Labute approximate surface area is 129 Å². The monoisotopic (exact) mass is 305 g/mol. The second-order valence-electron chi connectivity index (χ2n) is 5.80. The molecular weight excluding hydrogens is 282 g/mol.